The third-order valence-corrected chi connectivity index (χ3v) is 4.34. The molecule has 28 heavy (non-hydrogen) atoms. The lowest BCUT2D eigenvalue weighted by Gasteiger charge is -2.16. The minimum absolute atomic E-state index is 0.0313. The molecular weight excluding hydrogens is 359 g/mol. The molecule has 0 bridgehead atoms. The molecule has 0 aliphatic heterocycles. The van der Waals surface area contributed by atoms with Crippen molar-refractivity contribution in [3.05, 3.63) is 53.3 Å². The van der Waals surface area contributed by atoms with E-state index in [1.54, 1.807) is 19.2 Å². The SMILES string of the molecule is CNC(=O)c1c(-c2ccc(F)cc2)oc2cc(CC(C)N)c(OC(C)C)cc12. The molecule has 5 nitrogen and oxygen atoms in total. The largest absolute Gasteiger partial charge is 0.491 e. The molecule has 0 radical (unpaired) electrons. The first kappa shape index (κ1) is 19.9. The van der Waals surface area contributed by atoms with Crippen molar-refractivity contribution < 1.29 is 18.3 Å². The van der Waals surface area contributed by atoms with Gasteiger partial charge in [0, 0.05) is 24.0 Å². The Bertz CT molecular complexity index is 991. The van der Waals surface area contributed by atoms with Crippen LogP contribution in [0.25, 0.3) is 22.3 Å². The van der Waals surface area contributed by atoms with Crippen LogP contribution in [0.2, 0.25) is 0 Å². The maximum absolute atomic E-state index is 13.3. The number of rotatable bonds is 6. The van der Waals surface area contributed by atoms with E-state index in [2.05, 4.69) is 5.32 Å². The molecule has 1 amide bonds. The standard InChI is InChI=1S/C22H25FN2O3/c1-12(2)27-18-11-17-19(10-15(18)9-13(3)24)28-21(20(17)22(26)25-4)14-5-7-16(23)8-6-14/h5-8,10-13H,9,24H2,1-4H3,(H,25,26). The zero-order valence-electron chi connectivity index (χ0n) is 16.5. The van der Waals surface area contributed by atoms with E-state index in [-0.39, 0.29) is 23.9 Å². The van der Waals surface area contributed by atoms with Crippen molar-refractivity contribution in [1.82, 2.24) is 5.32 Å². The summed E-state index contributed by atoms with van der Waals surface area (Å²) in [4.78, 5) is 12.6. The molecule has 1 unspecified atom stereocenters. The minimum atomic E-state index is -0.354. The second-order valence-electron chi connectivity index (χ2n) is 7.20. The minimum Gasteiger partial charge on any atom is -0.491 e. The number of amides is 1. The molecule has 3 rings (SSSR count). The fourth-order valence-electron chi connectivity index (χ4n) is 3.19. The Labute approximate surface area is 163 Å². The van der Waals surface area contributed by atoms with Crippen LogP contribution in [0.4, 0.5) is 4.39 Å². The molecule has 0 aliphatic carbocycles. The molecule has 3 N–H and O–H groups in total. The van der Waals surface area contributed by atoms with Crippen molar-refractivity contribution in [2.24, 2.45) is 5.73 Å². The van der Waals surface area contributed by atoms with E-state index < -0.39 is 0 Å². The number of furan rings is 1. The smallest absolute Gasteiger partial charge is 0.255 e. The topological polar surface area (TPSA) is 77.5 Å². The summed E-state index contributed by atoms with van der Waals surface area (Å²) in [6.45, 7) is 5.81. The van der Waals surface area contributed by atoms with E-state index in [4.69, 9.17) is 14.9 Å². The molecule has 0 spiro atoms. The average Bonchev–Trinajstić information content (AvgIpc) is 2.99. The van der Waals surface area contributed by atoms with Crippen LogP contribution in [0.3, 0.4) is 0 Å². The number of benzene rings is 2. The predicted octanol–water partition coefficient (Wildman–Crippen LogP) is 4.28. The normalized spacial score (nSPS) is 12.4. The number of hydrogen-bond acceptors (Lipinski definition) is 4. The van der Waals surface area contributed by atoms with Gasteiger partial charge in [0.05, 0.1) is 11.7 Å². The highest BCUT2D eigenvalue weighted by molar-refractivity contribution is 6.11. The molecular formula is C22H25FN2O3. The van der Waals surface area contributed by atoms with Gasteiger partial charge in [-0.15, -0.1) is 0 Å². The van der Waals surface area contributed by atoms with Crippen molar-refractivity contribution >= 4 is 16.9 Å². The highest BCUT2D eigenvalue weighted by Crippen LogP contribution is 2.38. The van der Waals surface area contributed by atoms with E-state index in [1.165, 1.54) is 12.1 Å². The van der Waals surface area contributed by atoms with Crippen LogP contribution in [0.1, 0.15) is 36.7 Å². The van der Waals surface area contributed by atoms with Crippen LogP contribution in [0, 0.1) is 5.82 Å². The van der Waals surface area contributed by atoms with E-state index in [0.29, 0.717) is 40.0 Å². The van der Waals surface area contributed by atoms with Gasteiger partial charge in [0.2, 0.25) is 0 Å². The number of fused-ring (bicyclic) bond motifs is 1. The first-order chi connectivity index (χ1) is 13.3. The van der Waals surface area contributed by atoms with Crippen LogP contribution in [-0.2, 0) is 6.42 Å². The fourth-order valence-corrected chi connectivity index (χ4v) is 3.19. The molecule has 0 saturated carbocycles. The lowest BCUT2D eigenvalue weighted by molar-refractivity contribution is 0.0964. The number of carbonyl (C=O) groups is 1. The van der Waals surface area contributed by atoms with Crippen LogP contribution >= 0.6 is 0 Å². The lowest BCUT2D eigenvalue weighted by atomic mass is 10.0. The van der Waals surface area contributed by atoms with Crippen molar-refractivity contribution in [1.29, 1.82) is 0 Å². The van der Waals surface area contributed by atoms with Gasteiger partial charge in [-0.2, -0.15) is 0 Å². The monoisotopic (exact) mass is 384 g/mol. The Balaban J connectivity index is 2.26. The Kier molecular flexibility index (Phi) is 5.70. The summed E-state index contributed by atoms with van der Waals surface area (Å²) in [5, 5.41) is 3.30. The van der Waals surface area contributed by atoms with Gasteiger partial charge >= 0.3 is 0 Å². The number of nitrogens with one attached hydrogen (secondary N) is 1. The predicted molar refractivity (Wildman–Crippen MR) is 108 cm³/mol. The Morgan fingerprint density at radius 1 is 1.21 bits per heavy atom. The van der Waals surface area contributed by atoms with Gasteiger partial charge in [-0.1, -0.05) is 0 Å². The summed E-state index contributed by atoms with van der Waals surface area (Å²) in [5.74, 6) is 0.431. The van der Waals surface area contributed by atoms with Gasteiger partial charge < -0.3 is 20.2 Å². The average molecular weight is 384 g/mol. The van der Waals surface area contributed by atoms with Crippen LogP contribution in [-0.4, -0.2) is 25.1 Å². The van der Waals surface area contributed by atoms with Crippen molar-refractivity contribution in [3.8, 4) is 17.1 Å². The molecule has 2 aromatic carbocycles. The molecule has 148 valence electrons. The summed E-state index contributed by atoms with van der Waals surface area (Å²) < 4.78 is 25.4. The Morgan fingerprint density at radius 2 is 1.89 bits per heavy atom. The highest BCUT2D eigenvalue weighted by Gasteiger charge is 2.24. The van der Waals surface area contributed by atoms with E-state index in [0.717, 1.165) is 5.56 Å². The lowest BCUT2D eigenvalue weighted by Crippen LogP contribution is -2.19. The first-order valence-corrected chi connectivity index (χ1v) is 9.29. The summed E-state index contributed by atoms with van der Waals surface area (Å²) >= 11 is 0. The highest BCUT2D eigenvalue weighted by atomic mass is 19.1. The Morgan fingerprint density at radius 3 is 2.46 bits per heavy atom. The molecule has 0 fully saturated rings. The molecule has 6 heteroatoms. The first-order valence-electron chi connectivity index (χ1n) is 9.29. The number of ether oxygens (including phenoxy) is 1. The quantitative estimate of drug-likeness (QED) is 0.665. The van der Waals surface area contributed by atoms with Crippen LogP contribution in [0.15, 0.2) is 40.8 Å². The maximum atomic E-state index is 13.3. The second kappa shape index (κ2) is 8.02. The third kappa shape index (κ3) is 4.02. The van der Waals surface area contributed by atoms with Crippen molar-refractivity contribution in [3.63, 3.8) is 0 Å². The van der Waals surface area contributed by atoms with E-state index in [1.807, 2.05) is 32.9 Å². The van der Waals surface area contributed by atoms with Gasteiger partial charge in [-0.3, -0.25) is 4.79 Å². The summed E-state index contributed by atoms with van der Waals surface area (Å²) in [6.07, 6.45) is 0.580. The van der Waals surface area contributed by atoms with Crippen LogP contribution < -0.4 is 15.8 Å². The summed E-state index contributed by atoms with van der Waals surface area (Å²) in [6, 6.07) is 9.50. The number of hydrogen-bond donors (Lipinski definition) is 2. The van der Waals surface area contributed by atoms with E-state index >= 15 is 0 Å². The zero-order chi connectivity index (χ0) is 20.4. The fraction of sp³-hybridized carbons (Fsp3) is 0.318. The molecule has 3 aromatic rings. The molecule has 1 atom stereocenters. The van der Waals surface area contributed by atoms with Gasteiger partial charge in [0.25, 0.3) is 5.91 Å². The van der Waals surface area contributed by atoms with Crippen molar-refractivity contribution in [2.75, 3.05) is 7.05 Å². The summed E-state index contributed by atoms with van der Waals surface area (Å²) in [7, 11) is 1.56. The van der Waals surface area contributed by atoms with Gasteiger partial charge in [0.15, 0.2) is 0 Å². The zero-order valence-corrected chi connectivity index (χ0v) is 16.5. The van der Waals surface area contributed by atoms with E-state index in [9.17, 15) is 9.18 Å². The third-order valence-electron chi connectivity index (χ3n) is 4.34. The Hall–Kier alpha value is -2.86. The number of carbonyl (C=O) groups excluding carboxylic acids is 1. The van der Waals surface area contributed by atoms with Gasteiger partial charge in [-0.05, 0) is 69.2 Å². The maximum Gasteiger partial charge on any atom is 0.255 e. The summed E-state index contributed by atoms with van der Waals surface area (Å²) in [5.41, 5.74) is 8.48. The molecule has 1 aromatic heterocycles. The molecule has 0 saturated heterocycles. The van der Waals surface area contributed by atoms with Gasteiger partial charge in [0.1, 0.15) is 22.9 Å². The van der Waals surface area contributed by atoms with Crippen molar-refractivity contribution in [2.45, 2.75) is 39.3 Å². The number of halogens is 1. The van der Waals surface area contributed by atoms with Crippen LogP contribution in [0.5, 0.6) is 5.75 Å². The molecule has 1 heterocycles. The van der Waals surface area contributed by atoms with Gasteiger partial charge in [-0.25, -0.2) is 4.39 Å². The number of nitrogens with two attached hydrogens (primary N) is 1. The second-order valence-corrected chi connectivity index (χ2v) is 7.20. The molecule has 0 aliphatic rings.